The molecule has 0 amide bonds. The van der Waals surface area contributed by atoms with E-state index in [0.29, 0.717) is 49.1 Å². The largest absolute Gasteiger partial charge is 0.382 e. The highest BCUT2D eigenvalue weighted by Gasteiger charge is 2.44. The van der Waals surface area contributed by atoms with Crippen molar-refractivity contribution in [2.45, 2.75) is 37.0 Å². The van der Waals surface area contributed by atoms with Gasteiger partial charge in [-0.05, 0) is 53.9 Å². The maximum atomic E-state index is 14.3. The molecule has 0 bridgehead atoms. The number of pyridine rings is 1. The van der Waals surface area contributed by atoms with Crippen molar-refractivity contribution in [2.24, 2.45) is 0 Å². The van der Waals surface area contributed by atoms with E-state index in [-0.39, 0.29) is 11.3 Å². The quantitative estimate of drug-likeness (QED) is 0.153. The SMILES string of the molecule is Cc1ccc2nc(N3CCS(O)(O)c4ccc(F)cc4C3)cc(NCC3(N(Cc4ccccc4)Cc4ccccc4)COC3)c2c1. The number of rotatable bonds is 9. The van der Waals surface area contributed by atoms with Crippen LogP contribution in [-0.4, -0.2) is 56.6 Å². The van der Waals surface area contributed by atoms with Gasteiger partial charge in [-0.2, -0.15) is 10.6 Å². The molecule has 1 fully saturated rings. The van der Waals surface area contributed by atoms with Gasteiger partial charge in [0.1, 0.15) is 11.6 Å². The van der Waals surface area contributed by atoms with E-state index in [9.17, 15) is 13.5 Å². The number of nitrogens with one attached hydrogen (secondary N) is 1. The number of aromatic nitrogens is 1. The van der Waals surface area contributed by atoms with E-state index in [1.54, 1.807) is 0 Å². The van der Waals surface area contributed by atoms with Crippen molar-refractivity contribution in [1.82, 2.24) is 9.88 Å². The van der Waals surface area contributed by atoms with Crippen LogP contribution in [-0.2, 0) is 24.4 Å². The number of anilines is 2. The van der Waals surface area contributed by atoms with Crippen LogP contribution in [0.4, 0.5) is 15.9 Å². The van der Waals surface area contributed by atoms with Gasteiger partial charge in [0.25, 0.3) is 0 Å². The third-order valence-corrected chi connectivity index (χ3v) is 11.0. The number of aryl methyl sites for hydroxylation is 1. The van der Waals surface area contributed by atoms with E-state index in [1.165, 1.54) is 29.3 Å². The Hall–Kier alpha value is -3.99. The minimum Gasteiger partial charge on any atom is -0.382 e. The molecular formula is C37H39FN4O3S. The molecule has 4 aromatic carbocycles. The van der Waals surface area contributed by atoms with Gasteiger partial charge < -0.3 is 15.0 Å². The number of hydrogen-bond acceptors (Lipinski definition) is 7. The molecule has 0 unspecified atom stereocenters. The minimum absolute atomic E-state index is 0.149. The second-order valence-electron chi connectivity index (χ2n) is 12.5. The summed E-state index contributed by atoms with van der Waals surface area (Å²) in [6, 6.07) is 33.6. The molecule has 7 rings (SSSR count). The van der Waals surface area contributed by atoms with Gasteiger partial charge >= 0.3 is 0 Å². The second-order valence-corrected chi connectivity index (χ2v) is 14.7. The average molecular weight is 639 g/mol. The third kappa shape index (κ3) is 6.34. The Morgan fingerprint density at radius 3 is 2.26 bits per heavy atom. The van der Waals surface area contributed by atoms with E-state index < -0.39 is 16.4 Å². The zero-order chi connectivity index (χ0) is 31.7. The lowest BCUT2D eigenvalue weighted by atomic mass is 9.92. The fraction of sp³-hybridized carbons (Fsp3) is 0.270. The van der Waals surface area contributed by atoms with Gasteiger partial charge in [0.15, 0.2) is 0 Å². The first-order valence-electron chi connectivity index (χ1n) is 15.6. The molecule has 9 heteroatoms. The van der Waals surface area contributed by atoms with Crippen molar-refractivity contribution < 1.29 is 18.2 Å². The maximum Gasteiger partial charge on any atom is 0.131 e. The molecule has 46 heavy (non-hydrogen) atoms. The molecule has 3 N–H and O–H groups in total. The van der Waals surface area contributed by atoms with E-state index in [1.807, 2.05) is 29.2 Å². The predicted octanol–water partition coefficient (Wildman–Crippen LogP) is 7.70. The first-order chi connectivity index (χ1) is 22.3. The van der Waals surface area contributed by atoms with Crippen molar-refractivity contribution in [3.05, 3.63) is 131 Å². The Morgan fingerprint density at radius 2 is 1.61 bits per heavy atom. The van der Waals surface area contributed by atoms with Crippen molar-refractivity contribution in [2.75, 3.05) is 42.3 Å². The first-order valence-corrected chi connectivity index (χ1v) is 17.3. The summed E-state index contributed by atoms with van der Waals surface area (Å²) in [6.45, 7) is 6.24. The fourth-order valence-electron chi connectivity index (χ4n) is 6.44. The van der Waals surface area contributed by atoms with Gasteiger partial charge in [-0.3, -0.25) is 14.0 Å². The maximum absolute atomic E-state index is 14.3. The molecule has 0 saturated carbocycles. The first kappa shape index (κ1) is 30.7. The van der Waals surface area contributed by atoms with Crippen molar-refractivity contribution in [3.8, 4) is 0 Å². The smallest absolute Gasteiger partial charge is 0.131 e. The molecule has 5 aromatic rings. The van der Waals surface area contributed by atoms with E-state index in [0.717, 1.165) is 35.2 Å². The molecule has 3 heterocycles. The highest BCUT2D eigenvalue weighted by atomic mass is 32.3. The summed E-state index contributed by atoms with van der Waals surface area (Å²) in [7, 11) is -3.05. The minimum atomic E-state index is -3.05. The number of fused-ring (bicyclic) bond motifs is 2. The zero-order valence-electron chi connectivity index (χ0n) is 25.9. The molecule has 1 aromatic heterocycles. The van der Waals surface area contributed by atoms with Crippen molar-refractivity contribution in [3.63, 3.8) is 0 Å². The van der Waals surface area contributed by atoms with Crippen LogP contribution in [0.25, 0.3) is 10.9 Å². The number of halogens is 1. The van der Waals surface area contributed by atoms with Gasteiger partial charge in [-0.1, -0.05) is 72.3 Å². The summed E-state index contributed by atoms with van der Waals surface area (Å²) < 4.78 is 42.1. The topological polar surface area (TPSA) is 81.1 Å². The zero-order valence-corrected chi connectivity index (χ0v) is 26.7. The fourth-order valence-corrected chi connectivity index (χ4v) is 7.97. The Labute approximate surface area is 271 Å². The number of nitrogens with zero attached hydrogens (tertiary/aromatic N) is 3. The summed E-state index contributed by atoms with van der Waals surface area (Å²) in [5.74, 6) is 0.454. The number of benzene rings is 4. The lowest BCUT2D eigenvalue weighted by Gasteiger charge is -2.50. The standard InChI is InChI=1S/C37H39FN4O3S/c1-27-12-14-33-32(18-27)34(20-36(40-33)41-16-17-46(43,44)35-15-13-31(38)19-30(35)23-41)39-24-37(25-45-26-37)42(21-28-8-4-2-5-9-28)22-29-10-6-3-7-11-29/h2-15,18-20,43-44H,16-17,21-26H2,1H3,(H,39,40). The molecule has 238 valence electrons. The highest BCUT2D eigenvalue weighted by Crippen LogP contribution is 2.51. The Morgan fingerprint density at radius 1 is 0.913 bits per heavy atom. The lowest BCUT2D eigenvalue weighted by molar-refractivity contribution is -0.140. The van der Waals surface area contributed by atoms with Crippen LogP contribution in [0.15, 0.2) is 108 Å². The summed E-state index contributed by atoms with van der Waals surface area (Å²) in [6.07, 6.45) is 0. The van der Waals surface area contributed by atoms with Crippen LogP contribution in [0.1, 0.15) is 22.3 Å². The van der Waals surface area contributed by atoms with Crippen LogP contribution in [0.2, 0.25) is 0 Å². The molecule has 1 saturated heterocycles. The van der Waals surface area contributed by atoms with Gasteiger partial charge in [0.05, 0.1) is 34.9 Å². The van der Waals surface area contributed by atoms with Crippen LogP contribution in [0, 0.1) is 12.7 Å². The van der Waals surface area contributed by atoms with Crippen molar-refractivity contribution >= 4 is 33.0 Å². The van der Waals surface area contributed by atoms with Crippen molar-refractivity contribution in [1.29, 1.82) is 0 Å². The molecule has 0 spiro atoms. The Balaban J connectivity index is 1.22. The average Bonchev–Trinajstić information content (AvgIpc) is 3.16. The lowest BCUT2D eigenvalue weighted by Crippen LogP contribution is -2.65. The highest BCUT2D eigenvalue weighted by molar-refractivity contribution is 8.24. The van der Waals surface area contributed by atoms with E-state index in [2.05, 4.69) is 77.8 Å². The third-order valence-electron chi connectivity index (χ3n) is 9.11. The molecule has 0 aliphatic carbocycles. The molecular weight excluding hydrogens is 599 g/mol. The number of hydrogen-bond donors (Lipinski definition) is 3. The van der Waals surface area contributed by atoms with Crippen LogP contribution >= 0.6 is 10.6 Å². The monoisotopic (exact) mass is 638 g/mol. The summed E-state index contributed by atoms with van der Waals surface area (Å²) in [5, 5.41) is 4.82. The molecule has 7 nitrogen and oxygen atoms in total. The Bertz CT molecular complexity index is 1790. The molecule has 0 atom stereocenters. The van der Waals surface area contributed by atoms with E-state index in [4.69, 9.17) is 9.72 Å². The van der Waals surface area contributed by atoms with Gasteiger partial charge in [0, 0.05) is 49.9 Å². The van der Waals surface area contributed by atoms with Crippen LogP contribution in [0.5, 0.6) is 0 Å². The summed E-state index contributed by atoms with van der Waals surface area (Å²) >= 11 is 0. The van der Waals surface area contributed by atoms with Gasteiger partial charge in [-0.25, -0.2) is 9.37 Å². The predicted molar refractivity (Wildman–Crippen MR) is 184 cm³/mol. The van der Waals surface area contributed by atoms with E-state index >= 15 is 0 Å². The summed E-state index contributed by atoms with van der Waals surface area (Å²) in [4.78, 5) is 9.97. The Kier molecular flexibility index (Phi) is 8.44. The normalized spacial score (nSPS) is 17.6. The molecule has 2 aliphatic heterocycles. The second kappa shape index (κ2) is 12.7. The van der Waals surface area contributed by atoms with Gasteiger partial charge in [0.2, 0.25) is 0 Å². The van der Waals surface area contributed by atoms with Crippen LogP contribution in [0.3, 0.4) is 0 Å². The number of ether oxygens (including phenoxy) is 1. The van der Waals surface area contributed by atoms with Gasteiger partial charge in [-0.15, -0.1) is 0 Å². The van der Waals surface area contributed by atoms with Crippen LogP contribution < -0.4 is 10.2 Å². The summed E-state index contributed by atoms with van der Waals surface area (Å²) in [5.41, 5.74) is 5.76. The molecule has 2 aliphatic rings. The molecule has 0 radical (unpaired) electrons.